The van der Waals surface area contributed by atoms with Gasteiger partial charge >= 0.3 is 5.97 Å². The van der Waals surface area contributed by atoms with Crippen LogP contribution in [0.3, 0.4) is 0 Å². The third-order valence-electron chi connectivity index (χ3n) is 3.26. The Morgan fingerprint density at radius 2 is 2.32 bits per heavy atom. The van der Waals surface area contributed by atoms with Crippen LogP contribution in [-0.2, 0) is 16.0 Å². The van der Waals surface area contributed by atoms with E-state index < -0.39 is 0 Å². The Balaban J connectivity index is 2.10. The van der Waals surface area contributed by atoms with Gasteiger partial charge < -0.3 is 9.47 Å². The number of aryl methyl sites for hydroxylation is 1. The molecule has 0 amide bonds. The number of benzene rings is 1. The zero-order valence-electron chi connectivity index (χ0n) is 11.2. The number of hydrogen-bond acceptors (Lipinski definition) is 4. The Hall–Kier alpha value is -1.07. The highest BCUT2D eigenvalue weighted by atomic mass is 79.9. The van der Waals surface area contributed by atoms with Crippen LogP contribution < -0.4 is 10.1 Å². The van der Waals surface area contributed by atoms with Crippen molar-refractivity contribution >= 4 is 21.9 Å². The van der Waals surface area contributed by atoms with E-state index in [2.05, 4.69) is 27.3 Å². The van der Waals surface area contributed by atoms with Gasteiger partial charge in [-0.3, -0.25) is 10.1 Å². The summed E-state index contributed by atoms with van der Waals surface area (Å²) < 4.78 is 11.4. The molecular weight excluding hydrogens is 310 g/mol. The zero-order valence-corrected chi connectivity index (χ0v) is 12.7. The predicted molar refractivity (Wildman–Crippen MR) is 76.4 cm³/mol. The number of esters is 1. The average Bonchev–Trinajstić information content (AvgIpc) is 2.78. The minimum atomic E-state index is -0.216. The molecule has 0 saturated carbocycles. The maximum Gasteiger partial charge on any atom is 0.319 e. The first kappa shape index (κ1) is 14.3. The van der Waals surface area contributed by atoms with Crippen molar-refractivity contribution in [2.45, 2.75) is 25.8 Å². The lowest BCUT2D eigenvalue weighted by atomic mass is 10.1. The molecule has 0 aromatic heterocycles. The molecule has 1 aliphatic rings. The van der Waals surface area contributed by atoms with Gasteiger partial charge in [-0.2, -0.15) is 0 Å². The molecule has 1 atom stereocenters. The van der Waals surface area contributed by atoms with Crippen molar-refractivity contribution < 1.29 is 14.3 Å². The number of carbonyl (C=O) groups is 1. The van der Waals surface area contributed by atoms with E-state index in [1.807, 2.05) is 13.0 Å². The summed E-state index contributed by atoms with van der Waals surface area (Å²) in [7, 11) is 1.67. The second-order valence-electron chi connectivity index (χ2n) is 4.46. The monoisotopic (exact) mass is 327 g/mol. The van der Waals surface area contributed by atoms with Gasteiger partial charge in [0.15, 0.2) is 0 Å². The highest BCUT2D eigenvalue weighted by Gasteiger charge is 2.27. The first-order chi connectivity index (χ1) is 9.15. The zero-order chi connectivity index (χ0) is 13.8. The maximum atomic E-state index is 11.4. The molecule has 0 unspecified atom stereocenters. The highest BCUT2D eigenvalue weighted by molar-refractivity contribution is 9.10. The summed E-state index contributed by atoms with van der Waals surface area (Å²) >= 11 is 3.48. The normalized spacial score (nSPS) is 17.1. The maximum absolute atomic E-state index is 11.4. The van der Waals surface area contributed by atoms with E-state index in [4.69, 9.17) is 9.47 Å². The third-order valence-corrected chi connectivity index (χ3v) is 3.72. The van der Waals surface area contributed by atoms with Gasteiger partial charge in [-0.1, -0.05) is 15.9 Å². The number of methoxy groups -OCH3 is 1. The Morgan fingerprint density at radius 3 is 3.00 bits per heavy atom. The van der Waals surface area contributed by atoms with Crippen LogP contribution >= 0.6 is 15.9 Å². The molecule has 104 valence electrons. The van der Waals surface area contributed by atoms with E-state index in [1.165, 1.54) is 5.56 Å². The second kappa shape index (κ2) is 6.39. The van der Waals surface area contributed by atoms with Crippen LogP contribution in [0, 0.1) is 0 Å². The molecule has 5 heteroatoms. The van der Waals surface area contributed by atoms with Gasteiger partial charge in [0.25, 0.3) is 0 Å². The van der Waals surface area contributed by atoms with E-state index in [0.29, 0.717) is 6.61 Å². The molecule has 2 rings (SSSR count). The molecule has 0 aliphatic heterocycles. The van der Waals surface area contributed by atoms with Crippen molar-refractivity contribution in [1.29, 1.82) is 0 Å². The molecule has 0 heterocycles. The van der Waals surface area contributed by atoms with Gasteiger partial charge in [0, 0.05) is 16.1 Å². The van der Waals surface area contributed by atoms with Crippen LogP contribution in [0.5, 0.6) is 5.75 Å². The molecule has 1 aliphatic carbocycles. The van der Waals surface area contributed by atoms with Gasteiger partial charge in [0.1, 0.15) is 5.75 Å². The number of hydrogen-bond donors (Lipinski definition) is 1. The number of nitrogens with one attached hydrogen (secondary N) is 1. The largest absolute Gasteiger partial charge is 0.496 e. The number of carbonyl (C=O) groups excluding carboxylic acids is 1. The molecule has 0 radical (unpaired) electrons. The first-order valence-electron chi connectivity index (χ1n) is 6.41. The Labute approximate surface area is 121 Å². The Bertz CT molecular complexity index is 476. The third kappa shape index (κ3) is 3.28. The van der Waals surface area contributed by atoms with Crippen molar-refractivity contribution in [2.24, 2.45) is 0 Å². The fraction of sp³-hybridized carbons (Fsp3) is 0.500. The van der Waals surface area contributed by atoms with Crippen LogP contribution in [0.25, 0.3) is 0 Å². The van der Waals surface area contributed by atoms with Crippen LogP contribution in [0.4, 0.5) is 0 Å². The van der Waals surface area contributed by atoms with Crippen LogP contribution in [0.1, 0.15) is 30.5 Å². The first-order valence-corrected chi connectivity index (χ1v) is 7.20. The molecule has 0 fully saturated rings. The molecule has 0 spiro atoms. The van der Waals surface area contributed by atoms with Gasteiger partial charge in [-0.05, 0) is 37.5 Å². The highest BCUT2D eigenvalue weighted by Crippen LogP contribution is 2.39. The van der Waals surface area contributed by atoms with Gasteiger partial charge in [0.2, 0.25) is 0 Å². The Kier molecular flexibility index (Phi) is 4.82. The van der Waals surface area contributed by atoms with E-state index in [-0.39, 0.29) is 18.6 Å². The fourth-order valence-electron chi connectivity index (χ4n) is 2.49. The Morgan fingerprint density at radius 1 is 1.53 bits per heavy atom. The summed E-state index contributed by atoms with van der Waals surface area (Å²) in [6.45, 7) is 2.46. The van der Waals surface area contributed by atoms with Gasteiger partial charge in [-0.15, -0.1) is 0 Å². The topological polar surface area (TPSA) is 47.6 Å². The quantitative estimate of drug-likeness (QED) is 0.844. The molecule has 1 aromatic carbocycles. The number of rotatable bonds is 5. The van der Waals surface area contributed by atoms with E-state index in [9.17, 15) is 4.79 Å². The summed E-state index contributed by atoms with van der Waals surface area (Å²) in [5.41, 5.74) is 2.43. The molecular formula is C14H18BrNO3. The fourth-order valence-corrected chi connectivity index (χ4v) is 2.97. The molecule has 1 aromatic rings. The number of halogens is 1. The SMILES string of the molecule is CCOC(=O)CN[C@H]1CCc2cc(Br)cc(OC)c21. The van der Waals surface area contributed by atoms with Crippen molar-refractivity contribution in [3.05, 3.63) is 27.7 Å². The summed E-state index contributed by atoms with van der Waals surface area (Å²) in [5, 5.41) is 3.25. The van der Waals surface area contributed by atoms with E-state index >= 15 is 0 Å². The summed E-state index contributed by atoms with van der Waals surface area (Å²) in [4.78, 5) is 11.4. The average molecular weight is 328 g/mol. The molecule has 19 heavy (non-hydrogen) atoms. The van der Waals surface area contributed by atoms with Crippen molar-refractivity contribution in [3.8, 4) is 5.75 Å². The van der Waals surface area contributed by atoms with Crippen LogP contribution in [-0.4, -0.2) is 26.2 Å². The predicted octanol–water partition coefficient (Wildman–Crippen LogP) is 2.60. The molecule has 0 bridgehead atoms. The van der Waals surface area contributed by atoms with Gasteiger partial charge in [0.05, 0.1) is 20.3 Å². The van der Waals surface area contributed by atoms with E-state index in [1.54, 1.807) is 7.11 Å². The van der Waals surface area contributed by atoms with Gasteiger partial charge in [-0.25, -0.2) is 0 Å². The minimum absolute atomic E-state index is 0.155. The van der Waals surface area contributed by atoms with E-state index in [0.717, 1.165) is 28.6 Å². The standard InChI is InChI=1S/C14H18BrNO3/c1-3-19-13(17)8-16-11-5-4-9-6-10(15)7-12(18-2)14(9)11/h6-7,11,16H,3-5,8H2,1-2H3/t11-/m0/s1. The molecule has 1 N–H and O–H groups in total. The van der Waals surface area contributed by atoms with Crippen molar-refractivity contribution in [1.82, 2.24) is 5.32 Å². The number of ether oxygens (including phenoxy) is 2. The summed E-state index contributed by atoms with van der Waals surface area (Å²) in [5.74, 6) is 0.648. The van der Waals surface area contributed by atoms with Crippen molar-refractivity contribution in [3.63, 3.8) is 0 Å². The lowest BCUT2D eigenvalue weighted by Gasteiger charge is -2.16. The molecule has 4 nitrogen and oxygen atoms in total. The van der Waals surface area contributed by atoms with Crippen LogP contribution in [0.15, 0.2) is 16.6 Å². The summed E-state index contributed by atoms with van der Waals surface area (Å²) in [6, 6.07) is 4.23. The summed E-state index contributed by atoms with van der Waals surface area (Å²) in [6.07, 6.45) is 1.97. The molecule has 0 saturated heterocycles. The lowest BCUT2D eigenvalue weighted by Crippen LogP contribution is -2.28. The second-order valence-corrected chi connectivity index (χ2v) is 5.37. The number of fused-ring (bicyclic) bond motifs is 1. The lowest BCUT2D eigenvalue weighted by molar-refractivity contribution is -0.142. The smallest absolute Gasteiger partial charge is 0.319 e. The van der Waals surface area contributed by atoms with Crippen LogP contribution in [0.2, 0.25) is 0 Å². The van der Waals surface area contributed by atoms with Crippen molar-refractivity contribution in [2.75, 3.05) is 20.3 Å². The minimum Gasteiger partial charge on any atom is -0.496 e.